The number of amides is 1. The molecule has 0 radical (unpaired) electrons. The number of aryl methyl sites for hydroxylation is 2. The maximum absolute atomic E-state index is 12.5. The number of hydrogen-bond donors (Lipinski definition) is 0. The molecular weight excluding hydrogens is 352 g/mol. The Morgan fingerprint density at radius 3 is 2.25 bits per heavy atom. The molecule has 0 aromatic carbocycles. The van der Waals surface area contributed by atoms with E-state index < -0.39 is 5.60 Å². The van der Waals surface area contributed by atoms with Crippen LogP contribution in [-0.4, -0.2) is 44.0 Å². The second-order valence-corrected chi connectivity index (χ2v) is 9.90. The van der Waals surface area contributed by atoms with E-state index in [9.17, 15) is 4.79 Å². The van der Waals surface area contributed by atoms with Crippen molar-refractivity contribution < 1.29 is 9.53 Å². The van der Waals surface area contributed by atoms with Gasteiger partial charge in [0.15, 0.2) is 0 Å². The molecule has 0 saturated carbocycles. The summed E-state index contributed by atoms with van der Waals surface area (Å²) in [7, 11) is 0. The predicted octanol–water partition coefficient (Wildman–Crippen LogP) is 4.77. The molecule has 0 N–H and O–H groups in total. The second-order valence-electron chi connectivity index (χ2n) is 9.90. The number of likely N-dealkylation sites (tertiary alicyclic amines) is 1. The molecule has 6 nitrogen and oxygen atoms in total. The van der Waals surface area contributed by atoms with Crippen molar-refractivity contribution in [2.24, 2.45) is 0 Å². The van der Waals surface area contributed by atoms with Gasteiger partial charge in [0.25, 0.3) is 0 Å². The largest absolute Gasteiger partial charge is 0.444 e. The first-order valence-corrected chi connectivity index (χ1v) is 10.1. The van der Waals surface area contributed by atoms with Gasteiger partial charge >= 0.3 is 6.09 Å². The average molecular weight is 387 g/mol. The van der Waals surface area contributed by atoms with Gasteiger partial charge in [0.2, 0.25) is 0 Å². The molecule has 6 heteroatoms. The first kappa shape index (κ1) is 20.5. The van der Waals surface area contributed by atoms with Crippen molar-refractivity contribution in [1.29, 1.82) is 0 Å². The third kappa shape index (κ3) is 4.10. The number of hydrogen-bond acceptors (Lipinski definition) is 3. The molecular formula is C22H34N4O2. The van der Waals surface area contributed by atoms with Crippen LogP contribution in [0.15, 0.2) is 18.2 Å². The summed E-state index contributed by atoms with van der Waals surface area (Å²) in [4.78, 5) is 14.3. The first-order valence-electron chi connectivity index (χ1n) is 10.1. The van der Waals surface area contributed by atoms with Crippen LogP contribution in [0.4, 0.5) is 4.79 Å². The lowest BCUT2D eigenvalue weighted by molar-refractivity contribution is 0.0288. The van der Waals surface area contributed by atoms with Crippen LogP contribution < -0.4 is 0 Å². The number of rotatable bonds is 2. The fourth-order valence-electron chi connectivity index (χ4n) is 3.65. The van der Waals surface area contributed by atoms with Crippen molar-refractivity contribution in [3.63, 3.8) is 0 Å². The highest BCUT2D eigenvalue weighted by molar-refractivity contribution is 5.68. The molecule has 1 fully saturated rings. The lowest BCUT2D eigenvalue weighted by Gasteiger charge is -2.24. The van der Waals surface area contributed by atoms with Crippen LogP contribution >= 0.6 is 0 Å². The van der Waals surface area contributed by atoms with Gasteiger partial charge in [-0.3, -0.25) is 0 Å². The zero-order valence-corrected chi connectivity index (χ0v) is 18.5. The molecule has 0 unspecified atom stereocenters. The molecule has 1 aliphatic rings. The van der Waals surface area contributed by atoms with Crippen molar-refractivity contribution in [2.75, 3.05) is 13.1 Å². The van der Waals surface area contributed by atoms with E-state index in [1.54, 1.807) is 4.90 Å². The third-order valence-corrected chi connectivity index (χ3v) is 5.15. The van der Waals surface area contributed by atoms with Crippen LogP contribution in [0.5, 0.6) is 0 Å². The zero-order valence-electron chi connectivity index (χ0n) is 18.5. The highest BCUT2D eigenvalue weighted by Gasteiger charge is 2.33. The summed E-state index contributed by atoms with van der Waals surface area (Å²) in [5.41, 5.74) is 2.90. The number of carbonyl (C=O) groups is 1. The van der Waals surface area contributed by atoms with E-state index in [2.05, 4.69) is 62.1 Å². The highest BCUT2D eigenvalue weighted by atomic mass is 16.6. The van der Waals surface area contributed by atoms with Gasteiger partial charge in [-0.05, 0) is 53.2 Å². The lowest BCUT2D eigenvalue weighted by atomic mass is 9.92. The maximum Gasteiger partial charge on any atom is 0.410 e. The molecule has 2 aromatic rings. The molecule has 3 heterocycles. The van der Waals surface area contributed by atoms with Crippen LogP contribution in [0.25, 0.3) is 5.82 Å². The SMILES string of the molecule is Cc1ccc(C)n1-c1cc(C(C)(C)C)nn1[C@@H]1CCN(C(=O)OC(C)(C)C)C1. The fourth-order valence-corrected chi connectivity index (χ4v) is 3.65. The molecule has 0 spiro atoms. The van der Waals surface area contributed by atoms with E-state index in [0.29, 0.717) is 13.1 Å². The van der Waals surface area contributed by atoms with Crippen molar-refractivity contribution >= 4 is 6.09 Å². The van der Waals surface area contributed by atoms with Gasteiger partial charge in [-0.25, -0.2) is 9.48 Å². The van der Waals surface area contributed by atoms with Gasteiger partial charge in [-0.1, -0.05) is 20.8 Å². The molecule has 0 aliphatic carbocycles. The topological polar surface area (TPSA) is 52.3 Å². The minimum Gasteiger partial charge on any atom is -0.444 e. The van der Waals surface area contributed by atoms with Crippen LogP contribution in [0.3, 0.4) is 0 Å². The Labute approximate surface area is 168 Å². The highest BCUT2D eigenvalue weighted by Crippen LogP contribution is 2.31. The van der Waals surface area contributed by atoms with E-state index in [0.717, 1.165) is 17.9 Å². The number of ether oxygens (including phenoxy) is 1. The minimum atomic E-state index is -0.481. The van der Waals surface area contributed by atoms with Crippen LogP contribution in [0.2, 0.25) is 0 Å². The fraction of sp³-hybridized carbons (Fsp3) is 0.636. The van der Waals surface area contributed by atoms with Crippen LogP contribution in [0.1, 0.15) is 71.1 Å². The van der Waals surface area contributed by atoms with Gasteiger partial charge in [0.05, 0.1) is 11.7 Å². The van der Waals surface area contributed by atoms with E-state index in [-0.39, 0.29) is 17.6 Å². The van der Waals surface area contributed by atoms with E-state index >= 15 is 0 Å². The summed E-state index contributed by atoms with van der Waals surface area (Å²) in [5.74, 6) is 1.07. The quantitative estimate of drug-likeness (QED) is 0.747. The van der Waals surface area contributed by atoms with Gasteiger partial charge < -0.3 is 14.2 Å². The molecule has 1 saturated heterocycles. The third-order valence-electron chi connectivity index (χ3n) is 5.15. The summed E-state index contributed by atoms with van der Waals surface area (Å²) < 4.78 is 9.92. The Kier molecular flexibility index (Phi) is 5.11. The summed E-state index contributed by atoms with van der Waals surface area (Å²) in [6.45, 7) is 17.8. The van der Waals surface area contributed by atoms with Crippen molar-refractivity contribution in [1.82, 2.24) is 19.2 Å². The molecule has 1 aliphatic heterocycles. The lowest BCUT2D eigenvalue weighted by Crippen LogP contribution is -2.35. The molecule has 1 atom stereocenters. The molecule has 1 amide bonds. The van der Waals surface area contributed by atoms with Gasteiger partial charge in [-0.15, -0.1) is 0 Å². The summed E-state index contributed by atoms with van der Waals surface area (Å²) in [5, 5.41) is 4.99. The monoisotopic (exact) mass is 386 g/mol. The average Bonchev–Trinajstić information content (AvgIpc) is 3.23. The van der Waals surface area contributed by atoms with Crippen molar-refractivity contribution in [3.8, 4) is 5.82 Å². The van der Waals surface area contributed by atoms with Crippen molar-refractivity contribution in [2.45, 2.75) is 78.9 Å². The minimum absolute atomic E-state index is 0.0432. The Hall–Kier alpha value is -2.24. The van der Waals surface area contributed by atoms with Crippen LogP contribution in [-0.2, 0) is 10.2 Å². The van der Waals surface area contributed by atoms with Crippen LogP contribution in [0, 0.1) is 13.8 Å². The Morgan fingerprint density at radius 1 is 1.11 bits per heavy atom. The Bertz CT molecular complexity index is 845. The Morgan fingerprint density at radius 2 is 1.71 bits per heavy atom. The number of nitrogens with zero attached hydrogens (tertiary/aromatic N) is 4. The Balaban J connectivity index is 1.94. The standard InChI is InChI=1S/C22H34N4O2/c1-15-9-10-16(2)25(15)19-13-18(21(3,4)5)23-26(19)17-11-12-24(14-17)20(27)28-22(6,7)8/h9-10,13,17H,11-12,14H2,1-8H3/t17-/m1/s1. The molecule has 2 aromatic heterocycles. The summed E-state index contributed by atoms with van der Waals surface area (Å²) in [6, 6.07) is 6.59. The molecule has 3 rings (SSSR count). The van der Waals surface area contributed by atoms with E-state index in [4.69, 9.17) is 9.84 Å². The molecule has 154 valence electrons. The summed E-state index contributed by atoms with van der Waals surface area (Å²) in [6.07, 6.45) is 0.629. The van der Waals surface area contributed by atoms with E-state index in [1.807, 2.05) is 20.8 Å². The normalized spacial score (nSPS) is 18.0. The first-order chi connectivity index (χ1) is 12.9. The molecule has 28 heavy (non-hydrogen) atoms. The summed E-state index contributed by atoms with van der Waals surface area (Å²) >= 11 is 0. The van der Waals surface area contributed by atoms with Crippen molar-refractivity contribution in [3.05, 3.63) is 35.3 Å². The van der Waals surface area contributed by atoms with Gasteiger partial charge in [-0.2, -0.15) is 5.10 Å². The number of aromatic nitrogens is 3. The molecule has 0 bridgehead atoms. The second kappa shape index (κ2) is 6.98. The van der Waals surface area contributed by atoms with Gasteiger partial charge in [0.1, 0.15) is 11.4 Å². The number of carbonyl (C=O) groups excluding carboxylic acids is 1. The predicted molar refractivity (Wildman–Crippen MR) is 111 cm³/mol. The maximum atomic E-state index is 12.5. The van der Waals surface area contributed by atoms with Gasteiger partial charge in [0, 0.05) is 36.0 Å². The van der Waals surface area contributed by atoms with E-state index in [1.165, 1.54) is 11.4 Å². The zero-order chi connectivity index (χ0) is 20.9. The smallest absolute Gasteiger partial charge is 0.410 e.